The molecule has 0 saturated heterocycles. The van der Waals surface area contributed by atoms with E-state index in [1.165, 1.54) is 23.5 Å². The van der Waals surface area contributed by atoms with Crippen LogP contribution in [-0.2, 0) is 17.8 Å². The standard InChI is InChI=1S/C20H16ClFN2O3S/c21-15-3-1-2-13(6-15)20-24-17(10-28-20)19(25)23-5-4-12-7-16(22)8-14-9-26-11-27-18(12)14/h1-3,6-8,10H,4-5,9,11H2,(H,23,25). The number of hydrogen-bond acceptors (Lipinski definition) is 5. The van der Waals surface area contributed by atoms with Crippen molar-refractivity contribution >= 4 is 28.8 Å². The van der Waals surface area contributed by atoms with E-state index in [2.05, 4.69) is 10.3 Å². The normalized spacial score (nSPS) is 12.9. The molecule has 2 aromatic carbocycles. The molecule has 28 heavy (non-hydrogen) atoms. The number of nitrogens with zero attached hydrogens (tertiary/aromatic N) is 1. The van der Waals surface area contributed by atoms with Crippen LogP contribution in [0.5, 0.6) is 5.75 Å². The molecule has 1 aliphatic heterocycles. The summed E-state index contributed by atoms with van der Waals surface area (Å²) in [7, 11) is 0. The van der Waals surface area contributed by atoms with Crippen molar-refractivity contribution in [3.8, 4) is 16.3 Å². The molecule has 8 heteroatoms. The summed E-state index contributed by atoms with van der Waals surface area (Å²) in [5.74, 6) is 0.0118. The lowest BCUT2D eigenvalue weighted by atomic mass is 10.1. The van der Waals surface area contributed by atoms with Gasteiger partial charge < -0.3 is 14.8 Å². The number of benzene rings is 2. The highest BCUT2D eigenvalue weighted by molar-refractivity contribution is 7.13. The topological polar surface area (TPSA) is 60.5 Å². The molecule has 144 valence electrons. The first-order valence-corrected chi connectivity index (χ1v) is 9.87. The first kappa shape index (κ1) is 18.9. The minimum absolute atomic E-state index is 0.142. The molecule has 0 aliphatic carbocycles. The number of rotatable bonds is 5. The van der Waals surface area contributed by atoms with Gasteiger partial charge >= 0.3 is 0 Å². The van der Waals surface area contributed by atoms with E-state index >= 15 is 0 Å². The SMILES string of the molecule is O=C(NCCc1cc(F)cc2c1OCOC2)c1csc(-c2cccc(Cl)c2)n1. The van der Waals surface area contributed by atoms with Gasteiger partial charge in [0.2, 0.25) is 0 Å². The summed E-state index contributed by atoms with van der Waals surface area (Å²) >= 11 is 7.38. The van der Waals surface area contributed by atoms with Gasteiger partial charge in [0.05, 0.1) is 6.61 Å². The third-order valence-corrected chi connectivity index (χ3v) is 5.37. The molecular weight excluding hydrogens is 403 g/mol. The Labute approximate surface area is 170 Å². The van der Waals surface area contributed by atoms with Crippen LogP contribution in [-0.4, -0.2) is 24.2 Å². The lowest BCUT2D eigenvalue weighted by molar-refractivity contribution is -0.0172. The van der Waals surface area contributed by atoms with Gasteiger partial charge in [0, 0.05) is 28.1 Å². The number of halogens is 2. The second-order valence-electron chi connectivity index (χ2n) is 6.22. The van der Waals surface area contributed by atoms with E-state index in [4.69, 9.17) is 21.1 Å². The predicted molar refractivity (Wildman–Crippen MR) is 105 cm³/mol. The van der Waals surface area contributed by atoms with Crippen molar-refractivity contribution in [2.45, 2.75) is 13.0 Å². The molecule has 0 unspecified atom stereocenters. The van der Waals surface area contributed by atoms with Crippen LogP contribution in [0.3, 0.4) is 0 Å². The number of nitrogens with one attached hydrogen (secondary N) is 1. The van der Waals surface area contributed by atoms with Gasteiger partial charge in [-0.2, -0.15) is 0 Å². The molecule has 1 amide bonds. The summed E-state index contributed by atoms with van der Waals surface area (Å²) in [6.45, 7) is 0.795. The summed E-state index contributed by atoms with van der Waals surface area (Å²) in [5, 5.41) is 5.86. The Balaban J connectivity index is 1.40. The summed E-state index contributed by atoms with van der Waals surface area (Å²) in [5.41, 5.74) is 2.59. The van der Waals surface area contributed by atoms with E-state index in [1.807, 2.05) is 12.1 Å². The van der Waals surface area contributed by atoms with Crippen LogP contribution in [0.15, 0.2) is 41.8 Å². The molecule has 0 fully saturated rings. The number of fused-ring (bicyclic) bond motifs is 1. The van der Waals surface area contributed by atoms with E-state index in [1.54, 1.807) is 17.5 Å². The predicted octanol–water partition coefficient (Wildman–Crippen LogP) is 4.44. The third-order valence-electron chi connectivity index (χ3n) is 4.24. The van der Waals surface area contributed by atoms with E-state index in [0.717, 1.165) is 10.6 Å². The Bertz CT molecular complexity index is 1020. The molecule has 1 aromatic heterocycles. The monoisotopic (exact) mass is 418 g/mol. The van der Waals surface area contributed by atoms with E-state index < -0.39 is 0 Å². The molecule has 5 nitrogen and oxygen atoms in total. The number of thiazole rings is 1. The van der Waals surface area contributed by atoms with Crippen LogP contribution in [0.25, 0.3) is 10.6 Å². The molecule has 3 aromatic rings. The van der Waals surface area contributed by atoms with Gasteiger partial charge in [-0.05, 0) is 36.2 Å². The van der Waals surface area contributed by atoms with Crippen LogP contribution in [0.4, 0.5) is 4.39 Å². The minimum Gasteiger partial charge on any atom is -0.467 e. The van der Waals surface area contributed by atoms with Gasteiger partial charge in [0.1, 0.15) is 22.3 Å². The number of hydrogen-bond donors (Lipinski definition) is 1. The fraction of sp³-hybridized carbons (Fsp3) is 0.200. The van der Waals surface area contributed by atoms with Crippen LogP contribution in [0.1, 0.15) is 21.6 Å². The number of aromatic nitrogens is 1. The summed E-state index contributed by atoms with van der Waals surface area (Å²) < 4.78 is 24.5. The lowest BCUT2D eigenvalue weighted by Gasteiger charge is -2.20. The van der Waals surface area contributed by atoms with Gasteiger partial charge in [-0.25, -0.2) is 9.37 Å². The Hall–Kier alpha value is -2.48. The Morgan fingerprint density at radius 2 is 2.21 bits per heavy atom. The highest BCUT2D eigenvalue weighted by atomic mass is 35.5. The minimum atomic E-state index is -0.347. The molecule has 1 N–H and O–H groups in total. The average Bonchev–Trinajstić information content (AvgIpc) is 3.18. The van der Waals surface area contributed by atoms with Crippen molar-refractivity contribution in [3.05, 3.63) is 69.4 Å². The van der Waals surface area contributed by atoms with Crippen LogP contribution in [0.2, 0.25) is 5.02 Å². The van der Waals surface area contributed by atoms with E-state index in [9.17, 15) is 9.18 Å². The average molecular weight is 419 g/mol. The van der Waals surface area contributed by atoms with Crippen LogP contribution < -0.4 is 10.1 Å². The second-order valence-corrected chi connectivity index (χ2v) is 7.51. The van der Waals surface area contributed by atoms with Crippen molar-refractivity contribution in [2.24, 2.45) is 0 Å². The molecule has 4 rings (SSSR count). The van der Waals surface area contributed by atoms with Crippen molar-refractivity contribution in [1.29, 1.82) is 0 Å². The molecule has 0 atom stereocenters. The quantitative estimate of drug-likeness (QED) is 0.665. The maximum atomic E-state index is 13.8. The number of amides is 1. The second kappa shape index (κ2) is 8.26. The van der Waals surface area contributed by atoms with Crippen molar-refractivity contribution in [2.75, 3.05) is 13.3 Å². The maximum Gasteiger partial charge on any atom is 0.270 e. The summed E-state index contributed by atoms with van der Waals surface area (Å²) in [6.07, 6.45) is 0.442. The number of ether oxygens (including phenoxy) is 2. The van der Waals surface area contributed by atoms with Gasteiger partial charge in [0.15, 0.2) is 6.79 Å². The van der Waals surface area contributed by atoms with E-state index in [-0.39, 0.29) is 18.5 Å². The zero-order valence-corrected chi connectivity index (χ0v) is 16.3. The molecule has 2 heterocycles. The van der Waals surface area contributed by atoms with Crippen molar-refractivity contribution in [1.82, 2.24) is 10.3 Å². The smallest absolute Gasteiger partial charge is 0.270 e. The van der Waals surface area contributed by atoms with Crippen molar-refractivity contribution < 1.29 is 18.7 Å². The van der Waals surface area contributed by atoms with Gasteiger partial charge in [-0.3, -0.25) is 4.79 Å². The van der Waals surface area contributed by atoms with Gasteiger partial charge in [-0.15, -0.1) is 11.3 Å². The molecule has 0 bridgehead atoms. The fourth-order valence-electron chi connectivity index (χ4n) is 2.98. The van der Waals surface area contributed by atoms with Gasteiger partial charge in [0.25, 0.3) is 5.91 Å². The molecular formula is C20H16ClFN2O3S. The van der Waals surface area contributed by atoms with Crippen LogP contribution in [0, 0.1) is 5.82 Å². The Morgan fingerprint density at radius 3 is 3.07 bits per heavy atom. The summed E-state index contributed by atoms with van der Waals surface area (Å²) in [6, 6.07) is 10.2. The first-order valence-electron chi connectivity index (χ1n) is 8.61. The summed E-state index contributed by atoms with van der Waals surface area (Å²) in [4.78, 5) is 16.8. The van der Waals surface area contributed by atoms with Gasteiger partial charge in [-0.1, -0.05) is 23.7 Å². The third kappa shape index (κ3) is 4.16. The maximum absolute atomic E-state index is 13.8. The highest BCUT2D eigenvalue weighted by Gasteiger charge is 2.17. The van der Waals surface area contributed by atoms with Crippen LogP contribution >= 0.6 is 22.9 Å². The van der Waals surface area contributed by atoms with E-state index in [0.29, 0.717) is 47.2 Å². The first-order chi connectivity index (χ1) is 13.6. The number of carbonyl (C=O) groups is 1. The Morgan fingerprint density at radius 1 is 1.32 bits per heavy atom. The zero-order chi connectivity index (χ0) is 19.5. The molecule has 1 aliphatic rings. The molecule has 0 saturated carbocycles. The Kier molecular flexibility index (Phi) is 5.57. The number of carbonyl (C=O) groups excluding carboxylic acids is 1. The molecule has 0 radical (unpaired) electrons. The largest absolute Gasteiger partial charge is 0.467 e. The molecule has 0 spiro atoms. The zero-order valence-electron chi connectivity index (χ0n) is 14.7. The lowest BCUT2D eigenvalue weighted by Crippen LogP contribution is -2.26. The highest BCUT2D eigenvalue weighted by Crippen LogP contribution is 2.30. The fourth-order valence-corrected chi connectivity index (χ4v) is 3.96. The van der Waals surface area contributed by atoms with Crippen molar-refractivity contribution in [3.63, 3.8) is 0 Å².